The third kappa shape index (κ3) is 4.62. The van der Waals surface area contributed by atoms with Gasteiger partial charge in [-0.2, -0.15) is 10.5 Å². The third-order valence-corrected chi connectivity index (χ3v) is 3.06. The summed E-state index contributed by atoms with van der Waals surface area (Å²) in [7, 11) is 3.66. The van der Waals surface area contributed by atoms with Crippen LogP contribution >= 0.6 is 0 Å². The monoisotopic (exact) mass is 326 g/mol. The molecule has 1 heterocycles. The summed E-state index contributed by atoms with van der Waals surface area (Å²) in [5.74, 6) is 0.108. The van der Waals surface area contributed by atoms with Gasteiger partial charge in [-0.25, -0.2) is 0 Å². The minimum atomic E-state index is -0.0969. The number of carbonyl (C=O) groups excluding carboxylic acids is 1. The molecule has 3 N–H and O–H groups in total. The predicted octanol–water partition coefficient (Wildman–Crippen LogP) is 0.985. The number of nitriles is 1. The summed E-state index contributed by atoms with van der Waals surface area (Å²) < 4.78 is 0. The summed E-state index contributed by atoms with van der Waals surface area (Å²) in [5, 5.41) is 28.2. The lowest BCUT2D eigenvalue weighted by atomic mass is 10.1. The zero-order chi connectivity index (χ0) is 17.5. The van der Waals surface area contributed by atoms with Crippen LogP contribution in [0.15, 0.2) is 24.4 Å². The molecule has 0 bridgehead atoms. The number of allylic oxidation sites excluding steroid dienone is 1. The summed E-state index contributed by atoms with van der Waals surface area (Å²) in [5.41, 5.74) is 2.60. The van der Waals surface area contributed by atoms with Crippen LogP contribution in [0.3, 0.4) is 0 Å². The van der Waals surface area contributed by atoms with Crippen molar-refractivity contribution >= 4 is 22.9 Å². The number of aromatic nitrogens is 4. The Bertz CT molecular complexity index is 773. The van der Waals surface area contributed by atoms with Crippen molar-refractivity contribution < 1.29 is 4.79 Å². The van der Waals surface area contributed by atoms with Gasteiger partial charge in [-0.05, 0) is 43.9 Å². The topological polar surface area (TPSA) is 123 Å². The van der Waals surface area contributed by atoms with E-state index in [-0.39, 0.29) is 17.3 Å². The number of H-pyrrole nitrogens is 1. The van der Waals surface area contributed by atoms with Crippen LogP contribution < -0.4 is 10.6 Å². The van der Waals surface area contributed by atoms with E-state index in [4.69, 9.17) is 5.26 Å². The van der Waals surface area contributed by atoms with Crippen molar-refractivity contribution in [2.24, 2.45) is 0 Å². The highest BCUT2D eigenvalue weighted by Crippen LogP contribution is 2.21. The second-order valence-corrected chi connectivity index (χ2v) is 5.37. The van der Waals surface area contributed by atoms with Crippen LogP contribution in [-0.4, -0.2) is 52.1 Å². The fourth-order valence-electron chi connectivity index (χ4n) is 1.90. The molecule has 2 aromatic rings. The highest BCUT2D eigenvalue weighted by Gasteiger charge is 2.08. The summed E-state index contributed by atoms with van der Waals surface area (Å²) in [6, 6.07) is 7.51. The molecule has 2 rings (SSSR count). The molecule has 0 unspecified atom stereocenters. The van der Waals surface area contributed by atoms with Gasteiger partial charge in [0, 0.05) is 17.6 Å². The number of rotatable bonds is 6. The number of hydrogen-bond acceptors (Lipinski definition) is 7. The Morgan fingerprint density at radius 3 is 2.88 bits per heavy atom. The minimum Gasteiger partial charge on any atom is -0.360 e. The molecule has 0 fully saturated rings. The first kappa shape index (κ1) is 17.1. The van der Waals surface area contributed by atoms with Gasteiger partial charge < -0.3 is 15.5 Å². The minimum absolute atomic E-state index is 0.0969. The third-order valence-electron chi connectivity index (χ3n) is 3.06. The van der Waals surface area contributed by atoms with Crippen molar-refractivity contribution in [3.63, 3.8) is 0 Å². The summed E-state index contributed by atoms with van der Waals surface area (Å²) in [4.78, 5) is 13.7. The Labute approximate surface area is 139 Å². The average Bonchev–Trinajstić information content (AvgIpc) is 3.04. The quantitative estimate of drug-likeness (QED) is 0.676. The number of hydrogen-bond donors (Lipinski definition) is 3. The second kappa shape index (κ2) is 7.85. The lowest BCUT2D eigenvalue weighted by Gasteiger charge is -2.13. The first-order valence-corrected chi connectivity index (χ1v) is 7.15. The number of carbonyl (C=O) groups is 1. The van der Waals surface area contributed by atoms with E-state index in [9.17, 15) is 4.79 Å². The maximum atomic E-state index is 11.9. The largest absolute Gasteiger partial charge is 0.360 e. The smallest absolute Gasteiger partial charge is 0.238 e. The molecule has 0 aliphatic heterocycles. The van der Waals surface area contributed by atoms with Gasteiger partial charge in [0.25, 0.3) is 0 Å². The number of amides is 1. The maximum Gasteiger partial charge on any atom is 0.238 e. The zero-order valence-corrected chi connectivity index (χ0v) is 13.7. The van der Waals surface area contributed by atoms with Crippen LogP contribution in [-0.2, 0) is 4.79 Å². The number of benzene rings is 1. The van der Waals surface area contributed by atoms with Crippen LogP contribution in [0.1, 0.15) is 11.4 Å². The van der Waals surface area contributed by atoms with Crippen LogP contribution in [0.2, 0.25) is 0 Å². The number of tetrazole rings is 1. The van der Waals surface area contributed by atoms with Crippen LogP contribution in [0.4, 0.5) is 11.4 Å². The first-order chi connectivity index (χ1) is 11.5. The van der Waals surface area contributed by atoms with Gasteiger partial charge in [-0.3, -0.25) is 4.79 Å². The zero-order valence-electron chi connectivity index (χ0n) is 13.7. The number of anilines is 2. The molecule has 0 saturated carbocycles. The average molecular weight is 326 g/mol. The molecule has 24 heavy (non-hydrogen) atoms. The van der Waals surface area contributed by atoms with Crippen LogP contribution in [0.25, 0.3) is 5.57 Å². The molecule has 0 atom stereocenters. The van der Waals surface area contributed by atoms with E-state index < -0.39 is 0 Å². The Hall–Kier alpha value is -3.25. The van der Waals surface area contributed by atoms with Crippen LogP contribution in [0.5, 0.6) is 0 Å². The van der Waals surface area contributed by atoms with Gasteiger partial charge in [-0.1, -0.05) is 6.07 Å². The van der Waals surface area contributed by atoms with E-state index in [0.717, 1.165) is 11.3 Å². The SMILES string of the molecule is Cc1ccc(NC=C(C#N)c2nn[nH]n2)cc1NC(=O)CN(C)C. The lowest BCUT2D eigenvalue weighted by molar-refractivity contribution is -0.116. The molecule has 0 radical (unpaired) electrons. The number of aromatic amines is 1. The fourth-order valence-corrected chi connectivity index (χ4v) is 1.90. The van der Waals surface area contributed by atoms with Crippen LogP contribution in [0, 0.1) is 18.3 Å². The number of likely N-dealkylation sites (N-methyl/N-ethyl adjacent to an activating group) is 1. The normalized spacial score (nSPS) is 11.2. The van der Waals surface area contributed by atoms with E-state index in [0.29, 0.717) is 12.2 Å². The van der Waals surface area contributed by atoms with Gasteiger partial charge in [0.1, 0.15) is 11.6 Å². The predicted molar refractivity (Wildman–Crippen MR) is 89.8 cm³/mol. The highest BCUT2D eigenvalue weighted by molar-refractivity contribution is 5.93. The Kier molecular flexibility index (Phi) is 5.59. The van der Waals surface area contributed by atoms with Crippen molar-refractivity contribution in [3.05, 3.63) is 35.8 Å². The van der Waals surface area contributed by atoms with E-state index in [1.54, 1.807) is 11.0 Å². The molecule has 0 aliphatic rings. The molecule has 1 aromatic heterocycles. The molecule has 1 aromatic carbocycles. The van der Waals surface area contributed by atoms with E-state index in [2.05, 4.69) is 31.3 Å². The number of nitrogens with zero attached hydrogens (tertiary/aromatic N) is 5. The standard InChI is InChI=1S/C15H18N8O/c1-10-4-5-12(6-13(10)18-14(24)9-23(2)3)17-8-11(7-16)15-19-21-22-20-15/h4-6,8,17H,9H2,1-3H3,(H,18,24)(H,19,20,21,22). The van der Waals surface area contributed by atoms with E-state index in [1.165, 1.54) is 6.20 Å². The van der Waals surface area contributed by atoms with Gasteiger partial charge in [-0.15, -0.1) is 10.2 Å². The Morgan fingerprint density at radius 1 is 1.46 bits per heavy atom. The van der Waals surface area contributed by atoms with Crippen molar-refractivity contribution in [3.8, 4) is 6.07 Å². The second-order valence-electron chi connectivity index (χ2n) is 5.37. The molecule has 0 aliphatic carbocycles. The van der Waals surface area contributed by atoms with Gasteiger partial charge >= 0.3 is 0 Å². The molecule has 1 amide bonds. The van der Waals surface area contributed by atoms with Gasteiger partial charge in [0.15, 0.2) is 0 Å². The van der Waals surface area contributed by atoms with E-state index >= 15 is 0 Å². The van der Waals surface area contributed by atoms with Crippen molar-refractivity contribution in [2.45, 2.75) is 6.92 Å². The lowest BCUT2D eigenvalue weighted by Crippen LogP contribution is -2.27. The van der Waals surface area contributed by atoms with E-state index in [1.807, 2.05) is 39.2 Å². The maximum absolute atomic E-state index is 11.9. The summed E-state index contributed by atoms with van der Waals surface area (Å²) in [6.45, 7) is 2.21. The van der Waals surface area contributed by atoms with Crippen molar-refractivity contribution in [2.75, 3.05) is 31.3 Å². The Morgan fingerprint density at radius 2 is 2.25 bits per heavy atom. The van der Waals surface area contributed by atoms with Gasteiger partial charge in [0.05, 0.1) is 6.54 Å². The van der Waals surface area contributed by atoms with Crippen molar-refractivity contribution in [1.82, 2.24) is 25.5 Å². The summed E-state index contributed by atoms with van der Waals surface area (Å²) >= 11 is 0. The Balaban J connectivity index is 2.13. The number of aryl methyl sites for hydroxylation is 1. The highest BCUT2D eigenvalue weighted by atomic mass is 16.2. The molecule has 124 valence electrons. The molecule has 9 nitrogen and oxygen atoms in total. The molecule has 0 saturated heterocycles. The van der Waals surface area contributed by atoms with Gasteiger partial charge in [0.2, 0.25) is 11.7 Å². The molecule has 0 spiro atoms. The summed E-state index contributed by atoms with van der Waals surface area (Å²) in [6.07, 6.45) is 1.49. The number of nitrogens with one attached hydrogen (secondary N) is 3. The molecule has 9 heteroatoms. The fraction of sp³-hybridized carbons (Fsp3) is 0.267. The molecular formula is C15H18N8O. The first-order valence-electron chi connectivity index (χ1n) is 7.15. The van der Waals surface area contributed by atoms with Crippen molar-refractivity contribution in [1.29, 1.82) is 5.26 Å². The molecular weight excluding hydrogens is 308 g/mol.